The smallest absolute Gasteiger partial charge is 0.257 e. The van der Waals surface area contributed by atoms with Gasteiger partial charge in [-0.2, -0.15) is 0 Å². The van der Waals surface area contributed by atoms with Crippen LogP contribution >= 0.6 is 0 Å². The summed E-state index contributed by atoms with van der Waals surface area (Å²) >= 11 is 0. The standard InChI is InChI=1S/C17H19F2N3O3/c1-8(15(24)22-17(2,3)4)21-16(25)11-7-20-13-10(14(11)23)5-9(18)6-12(13)19/h5-8H,1-4H3,(H,20,23)(H,21,25)(H,22,24). The SMILES string of the molecule is CC(NC(=O)c1c[nH]c2c(F)cc(F)cc2c1=O)C(=O)NC(C)(C)C. The number of halogens is 2. The summed E-state index contributed by atoms with van der Waals surface area (Å²) in [6.07, 6.45) is 1.04. The highest BCUT2D eigenvalue weighted by molar-refractivity contribution is 5.99. The highest BCUT2D eigenvalue weighted by Crippen LogP contribution is 2.15. The van der Waals surface area contributed by atoms with Crippen LogP contribution in [0.15, 0.2) is 23.1 Å². The number of hydrogen-bond donors (Lipinski definition) is 3. The Bertz CT molecular complexity index is 900. The van der Waals surface area contributed by atoms with Gasteiger partial charge >= 0.3 is 0 Å². The molecule has 0 aliphatic carbocycles. The Morgan fingerprint density at radius 3 is 2.44 bits per heavy atom. The minimum atomic E-state index is -0.933. The summed E-state index contributed by atoms with van der Waals surface area (Å²) < 4.78 is 27.0. The van der Waals surface area contributed by atoms with E-state index >= 15 is 0 Å². The summed E-state index contributed by atoms with van der Waals surface area (Å²) in [5.74, 6) is -3.09. The summed E-state index contributed by atoms with van der Waals surface area (Å²) in [7, 11) is 0. The lowest BCUT2D eigenvalue weighted by Gasteiger charge is -2.23. The fourth-order valence-electron chi connectivity index (χ4n) is 2.24. The van der Waals surface area contributed by atoms with Crippen molar-refractivity contribution < 1.29 is 18.4 Å². The number of benzene rings is 1. The van der Waals surface area contributed by atoms with Gasteiger partial charge in [-0.15, -0.1) is 0 Å². The summed E-state index contributed by atoms with van der Waals surface area (Å²) in [4.78, 5) is 39.1. The van der Waals surface area contributed by atoms with Crippen molar-refractivity contribution >= 4 is 22.7 Å². The third-order valence-electron chi connectivity index (χ3n) is 3.39. The van der Waals surface area contributed by atoms with Crippen molar-refractivity contribution in [3.63, 3.8) is 0 Å². The third-order valence-corrected chi connectivity index (χ3v) is 3.39. The zero-order valence-corrected chi connectivity index (χ0v) is 14.3. The summed E-state index contributed by atoms with van der Waals surface area (Å²) in [6, 6.07) is 0.590. The molecular weight excluding hydrogens is 332 g/mol. The quantitative estimate of drug-likeness (QED) is 0.788. The van der Waals surface area contributed by atoms with Gasteiger partial charge in [0.2, 0.25) is 11.3 Å². The second-order valence-electron chi connectivity index (χ2n) is 6.78. The average Bonchev–Trinajstić information content (AvgIpc) is 2.46. The van der Waals surface area contributed by atoms with Crippen LogP contribution in [0.2, 0.25) is 0 Å². The van der Waals surface area contributed by atoms with Crippen molar-refractivity contribution in [1.82, 2.24) is 15.6 Å². The molecule has 2 amide bonds. The maximum absolute atomic E-state index is 13.7. The van der Waals surface area contributed by atoms with E-state index < -0.39 is 40.5 Å². The maximum atomic E-state index is 13.7. The van der Waals surface area contributed by atoms with Gasteiger partial charge < -0.3 is 15.6 Å². The second-order valence-corrected chi connectivity index (χ2v) is 6.78. The third kappa shape index (κ3) is 4.20. The van der Waals surface area contributed by atoms with Crippen molar-refractivity contribution in [2.75, 3.05) is 0 Å². The maximum Gasteiger partial charge on any atom is 0.257 e. The molecule has 0 aliphatic heterocycles. The Morgan fingerprint density at radius 2 is 1.84 bits per heavy atom. The van der Waals surface area contributed by atoms with Gasteiger partial charge in [-0.1, -0.05) is 0 Å². The molecule has 2 aromatic rings. The molecule has 0 radical (unpaired) electrons. The number of aromatic nitrogens is 1. The first-order chi connectivity index (χ1) is 11.5. The molecule has 25 heavy (non-hydrogen) atoms. The Balaban J connectivity index is 2.30. The van der Waals surface area contributed by atoms with Crippen LogP contribution in [-0.4, -0.2) is 28.4 Å². The molecule has 0 saturated carbocycles. The molecule has 1 atom stereocenters. The highest BCUT2D eigenvalue weighted by Gasteiger charge is 2.23. The van der Waals surface area contributed by atoms with Gasteiger partial charge in [0.05, 0.1) is 10.9 Å². The van der Waals surface area contributed by atoms with Crippen LogP contribution in [0.4, 0.5) is 8.78 Å². The predicted octanol–water partition coefficient (Wildman–Crippen LogP) is 1.84. The molecule has 0 bridgehead atoms. The van der Waals surface area contributed by atoms with Crippen molar-refractivity contribution in [3.8, 4) is 0 Å². The lowest BCUT2D eigenvalue weighted by atomic mass is 10.1. The van der Waals surface area contributed by atoms with Crippen molar-refractivity contribution in [1.29, 1.82) is 0 Å². The normalized spacial score (nSPS) is 12.7. The molecule has 0 saturated heterocycles. The second kappa shape index (κ2) is 6.62. The molecule has 0 aliphatic rings. The number of nitrogens with one attached hydrogen (secondary N) is 3. The van der Waals surface area contributed by atoms with E-state index in [1.54, 1.807) is 20.8 Å². The van der Waals surface area contributed by atoms with E-state index in [0.29, 0.717) is 6.07 Å². The lowest BCUT2D eigenvalue weighted by Crippen LogP contribution is -2.51. The largest absolute Gasteiger partial charge is 0.358 e. The average molecular weight is 351 g/mol. The number of carbonyl (C=O) groups excluding carboxylic acids is 2. The first-order valence-corrected chi connectivity index (χ1v) is 7.63. The number of hydrogen-bond acceptors (Lipinski definition) is 3. The van der Waals surface area contributed by atoms with Gasteiger partial charge in [-0.25, -0.2) is 8.78 Å². The zero-order chi connectivity index (χ0) is 18.9. The molecule has 0 fully saturated rings. The molecule has 6 nitrogen and oxygen atoms in total. The minimum absolute atomic E-state index is 0.193. The van der Waals surface area contributed by atoms with Crippen LogP contribution in [0.25, 0.3) is 10.9 Å². The Labute approximate surface area is 142 Å². The molecule has 134 valence electrons. The molecule has 1 unspecified atom stereocenters. The van der Waals surface area contributed by atoms with E-state index in [1.807, 2.05) is 0 Å². The van der Waals surface area contributed by atoms with E-state index in [2.05, 4.69) is 15.6 Å². The van der Waals surface area contributed by atoms with Gasteiger partial charge in [0.25, 0.3) is 5.91 Å². The molecular formula is C17H19F2N3O3. The van der Waals surface area contributed by atoms with Gasteiger partial charge in [0, 0.05) is 17.8 Å². The van der Waals surface area contributed by atoms with E-state index in [-0.39, 0.29) is 16.5 Å². The number of H-pyrrole nitrogens is 1. The van der Waals surface area contributed by atoms with E-state index in [1.165, 1.54) is 6.92 Å². The predicted molar refractivity (Wildman–Crippen MR) is 89.3 cm³/mol. The van der Waals surface area contributed by atoms with Gasteiger partial charge in [0.1, 0.15) is 23.2 Å². The number of carbonyl (C=O) groups is 2. The van der Waals surface area contributed by atoms with E-state index in [0.717, 1.165) is 12.3 Å². The number of aromatic amines is 1. The van der Waals surface area contributed by atoms with Crippen molar-refractivity contribution in [2.45, 2.75) is 39.3 Å². The highest BCUT2D eigenvalue weighted by atomic mass is 19.1. The topological polar surface area (TPSA) is 91.1 Å². The zero-order valence-electron chi connectivity index (χ0n) is 14.3. The fourth-order valence-corrected chi connectivity index (χ4v) is 2.24. The minimum Gasteiger partial charge on any atom is -0.358 e. The first kappa shape index (κ1) is 18.6. The Kier molecular flexibility index (Phi) is 4.92. The Morgan fingerprint density at radius 1 is 1.20 bits per heavy atom. The van der Waals surface area contributed by atoms with Gasteiger partial charge in [-0.05, 0) is 33.8 Å². The lowest BCUT2D eigenvalue weighted by molar-refractivity contribution is -0.124. The Hall–Kier alpha value is -2.77. The number of pyridine rings is 1. The molecule has 3 N–H and O–H groups in total. The summed E-state index contributed by atoms with van der Waals surface area (Å²) in [5, 5.41) is 4.81. The molecule has 1 heterocycles. The molecule has 0 spiro atoms. The summed E-state index contributed by atoms with van der Waals surface area (Å²) in [5.41, 5.74) is -1.84. The van der Waals surface area contributed by atoms with E-state index in [4.69, 9.17) is 0 Å². The van der Waals surface area contributed by atoms with Gasteiger partial charge in [0.15, 0.2) is 0 Å². The summed E-state index contributed by atoms with van der Waals surface area (Å²) in [6.45, 7) is 6.83. The first-order valence-electron chi connectivity index (χ1n) is 7.63. The molecule has 1 aromatic heterocycles. The number of fused-ring (bicyclic) bond motifs is 1. The fraction of sp³-hybridized carbons (Fsp3) is 0.353. The molecule has 8 heteroatoms. The van der Waals surface area contributed by atoms with Crippen LogP contribution in [0.3, 0.4) is 0 Å². The monoisotopic (exact) mass is 351 g/mol. The number of rotatable bonds is 3. The van der Waals surface area contributed by atoms with Crippen LogP contribution < -0.4 is 16.1 Å². The number of amides is 2. The van der Waals surface area contributed by atoms with Crippen molar-refractivity contribution in [3.05, 3.63) is 45.8 Å². The van der Waals surface area contributed by atoms with Crippen LogP contribution in [0.5, 0.6) is 0 Å². The van der Waals surface area contributed by atoms with Crippen molar-refractivity contribution in [2.24, 2.45) is 0 Å². The van der Waals surface area contributed by atoms with E-state index in [9.17, 15) is 23.2 Å². The molecule has 2 rings (SSSR count). The van der Waals surface area contributed by atoms with Crippen LogP contribution in [0.1, 0.15) is 38.1 Å². The van der Waals surface area contributed by atoms with Crippen LogP contribution in [-0.2, 0) is 4.79 Å². The van der Waals surface area contributed by atoms with Crippen LogP contribution in [0, 0.1) is 11.6 Å². The molecule has 1 aromatic carbocycles. The van der Waals surface area contributed by atoms with Gasteiger partial charge in [-0.3, -0.25) is 14.4 Å².